The van der Waals surface area contributed by atoms with Crippen molar-refractivity contribution in [1.29, 1.82) is 0 Å². The van der Waals surface area contributed by atoms with Crippen LogP contribution in [0.5, 0.6) is 0 Å². The molecule has 0 N–H and O–H groups in total. The summed E-state index contributed by atoms with van der Waals surface area (Å²) in [5, 5.41) is 0. The number of hydrogen-bond acceptors (Lipinski definition) is 2. The Hall–Kier alpha value is -0.970. The molecule has 1 aliphatic rings. The Labute approximate surface area is 105 Å². The normalized spacial score (nSPS) is 21.1. The number of hydrogen-bond donors (Lipinski definition) is 0. The van der Waals surface area contributed by atoms with Crippen LogP contribution < -0.4 is 0 Å². The fourth-order valence-corrected chi connectivity index (χ4v) is 1.94. The van der Waals surface area contributed by atoms with Crippen LogP contribution in [0.25, 0.3) is 0 Å². The zero-order valence-electron chi connectivity index (χ0n) is 10.8. The lowest BCUT2D eigenvalue weighted by Crippen LogP contribution is -2.05. The van der Waals surface area contributed by atoms with Crippen molar-refractivity contribution in [3.05, 3.63) is 0 Å². The van der Waals surface area contributed by atoms with Gasteiger partial charge in [-0.05, 0) is 25.7 Å². The molecule has 1 aliphatic heterocycles. The average molecular weight is 236 g/mol. The second-order valence-corrected chi connectivity index (χ2v) is 4.65. The summed E-state index contributed by atoms with van der Waals surface area (Å²) in [4.78, 5) is 11.3. The van der Waals surface area contributed by atoms with Gasteiger partial charge in [0.2, 0.25) is 0 Å². The summed E-state index contributed by atoms with van der Waals surface area (Å²) >= 11 is 0. The van der Waals surface area contributed by atoms with Gasteiger partial charge in [-0.1, -0.05) is 25.7 Å². The zero-order chi connectivity index (χ0) is 12.2. The van der Waals surface area contributed by atoms with Gasteiger partial charge in [-0.3, -0.25) is 4.79 Å². The van der Waals surface area contributed by atoms with Crippen LogP contribution in [0.15, 0.2) is 0 Å². The van der Waals surface area contributed by atoms with E-state index in [-0.39, 0.29) is 5.97 Å². The van der Waals surface area contributed by atoms with Crippen LogP contribution in [0, 0.1) is 11.8 Å². The van der Waals surface area contributed by atoms with Crippen LogP contribution in [0.4, 0.5) is 0 Å². The van der Waals surface area contributed by atoms with Gasteiger partial charge in [0, 0.05) is 19.3 Å². The third kappa shape index (κ3) is 8.80. The summed E-state index contributed by atoms with van der Waals surface area (Å²) in [6, 6.07) is 0. The molecule has 2 heteroatoms. The fourth-order valence-electron chi connectivity index (χ4n) is 1.94. The van der Waals surface area contributed by atoms with Crippen LogP contribution in [-0.4, -0.2) is 12.6 Å². The van der Waals surface area contributed by atoms with Crippen molar-refractivity contribution in [2.24, 2.45) is 0 Å². The predicted octanol–water partition coefficient (Wildman–Crippen LogP) is 3.84. The fraction of sp³-hybridized carbons (Fsp3) is 0.800. The lowest BCUT2D eigenvalue weighted by atomic mass is 10.1. The second kappa shape index (κ2) is 10.2. The van der Waals surface area contributed by atoms with E-state index in [4.69, 9.17) is 4.74 Å². The van der Waals surface area contributed by atoms with E-state index in [0.29, 0.717) is 13.0 Å². The van der Waals surface area contributed by atoms with E-state index in [2.05, 4.69) is 11.8 Å². The van der Waals surface area contributed by atoms with E-state index >= 15 is 0 Å². The minimum absolute atomic E-state index is 0.0248. The smallest absolute Gasteiger partial charge is 0.305 e. The van der Waals surface area contributed by atoms with Crippen LogP contribution in [0.1, 0.15) is 70.6 Å². The molecule has 0 spiro atoms. The maximum atomic E-state index is 11.3. The minimum Gasteiger partial charge on any atom is -0.466 e. The number of esters is 1. The van der Waals surface area contributed by atoms with E-state index in [1.54, 1.807) is 0 Å². The molecule has 0 unspecified atom stereocenters. The van der Waals surface area contributed by atoms with Crippen LogP contribution >= 0.6 is 0 Å². The maximum absolute atomic E-state index is 11.3. The van der Waals surface area contributed by atoms with Gasteiger partial charge in [0.15, 0.2) is 0 Å². The van der Waals surface area contributed by atoms with Gasteiger partial charge in [0.25, 0.3) is 0 Å². The van der Waals surface area contributed by atoms with Gasteiger partial charge in [0.1, 0.15) is 0 Å². The van der Waals surface area contributed by atoms with Crippen LogP contribution in [0.2, 0.25) is 0 Å². The van der Waals surface area contributed by atoms with Crippen molar-refractivity contribution in [2.75, 3.05) is 6.61 Å². The summed E-state index contributed by atoms with van der Waals surface area (Å²) in [5.74, 6) is 6.42. The van der Waals surface area contributed by atoms with Crippen molar-refractivity contribution in [1.82, 2.24) is 0 Å². The molecule has 0 fully saturated rings. The van der Waals surface area contributed by atoms with Gasteiger partial charge in [-0.15, -0.1) is 11.8 Å². The number of ether oxygens (including phenoxy) is 1. The van der Waals surface area contributed by atoms with Gasteiger partial charge >= 0.3 is 5.97 Å². The summed E-state index contributed by atoms with van der Waals surface area (Å²) < 4.78 is 5.18. The van der Waals surface area contributed by atoms with Crippen molar-refractivity contribution >= 4 is 5.97 Å². The molecule has 0 aromatic rings. The third-order valence-electron chi connectivity index (χ3n) is 3.02. The number of carbonyl (C=O) groups excluding carboxylic acids is 1. The molecule has 1 heterocycles. The highest BCUT2D eigenvalue weighted by Gasteiger charge is 2.02. The molecular weight excluding hydrogens is 212 g/mol. The predicted molar refractivity (Wildman–Crippen MR) is 69.5 cm³/mol. The third-order valence-corrected chi connectivity index (χ3v) is 3.02. The first-order valence-corrected chi connectivity index (χ1v) is 7.01. The molecule has 17 heavy (non-hydrogen) atoms. The first kappa shape index (κ1) is 14.1. The van der Waals surface area contributed by atoms with Gasteiger partial charge < -0.3 is 4.74 Å². The molecule has 96 valence electrons. The molecule has 0 amide bonds. The molecule has 0 aromatic carbocycles. The molecule has 0 saturated carbocycles. The Bertz CT molecular complexity index is 260. The molecule has 2 nitrogen and oxygen atoms in total. The van der Waals surface area contributed by atoms with Gasteiger partial charge in [-0.25, -0.2) is 0 Å². The Morgan fingerprint density at radius 1 is 0.765 bits per heavy atom. The molecule has 0 aliphatic carbocycles. The topological polar surface area (TPSA) is 26.3 Å². The Morgan fingerprint density at radius 3 is 2.12 bits per heavy atom. The SMILES string of the molecule is O=C1CCCCCC#CCCCCCCCO1. The van der Waals surface area contributed by atoms with Crippen LogP contribution in [0.3, 0.4) is 0 Å². The number of carbonyl (C=O) groups is 1. The van der Waals surface area contributed by atoms with E-state index in [1.807, 2.05) is 0 Å². The summed E-state index contributed by atoms with van der Waals surface area (Å²) in [7, 11) is 0. The summed E-state index contributed by atoms with van der Waals surface area (Å²) in [5.41, 5.74) is 0. The average Bonchev–Trinajstić information content (AvgIpc) is 2.32. The zero-order valence-corrected chi connectivity index (χ0v) is 10.8. The van der Waals surface area contributed by atoms with Crippen molar-refractivity contribution < 1.29 is 9.53 Å². The highest BCUT2D eigenvalue weighted by molar-refractivity contribution is 5.69. The lowest BCUT2D eigenvalue weighted by molar-refractivity contribution is -0.143. The Kier molecular flexibility index (Phi) is 8.46. The largest absolute Gasteiger partial charge is 0.466 e. The van der Waals surface area contributed by atoms with E-state index in [9.17, 15) is 4.79 Å². The molecule has 0 bridgehead atoms. The van der Waals surface area contributed by atoms with Crippen molar-refractivity contribution in [2.45, 2.75) is 70.6 Å². The first-order valence-electron chi connectivity index (χ1n) is 7.01. The van der Waals surface area contributed by atoms with Gasteiger partial charge in [-0.2, -0.15) is 0 Å². The van der Waals surface area contributed by atoms with Crippen LogP contribution in [-0.2, 0) is 9.53 Å². The summed E-state index contributed by atoms with van der Waals surface area (Å²) in [6.07, 6.45) is 11.6. The first-order chi connectivity index (χ1) is 8.39. The van der Waals surface area contributed by atoms with E-state index < -0.39 is 0 Å². The molecule has 0 aromatic heterocycles. The molecule has 0 atom stereocenters. The minimum atomic E-state index is -0.0248. The molecular formula is C15H24O2. The van der Waals surface area contributed by atoms with Crippen molar-refractivity contribution in [3.63, 3.8) is 0 Å². The Balaban J connectivity index is 2.21. The monoisotopic (exact) mass is 236 g/mol. The number of rotatable bonds is 0. The number of cyclic esters (lactones) is 1. The van der Waals surface area contributed by atoms with E-state index in [0.717, 1.165) is 38.5 Å². The van der Waals surface area contributed by atoms with E-state index in [1.165, 1.54) is 25.7 Å². The molecule has 0 saturated heterocycles. The highest BCUT2D eigenvalue weighted by atomic mass is 16.5. The molecule has 0 radical (unpaired) electrons. The maximum Gasteiger partial charge on any atom is 0.305 e. The summed E-state index contributed by atoms with van der Waals surface area (Å²) in [6.45, 7) is 0.610. The van der Waals surface area contributed by atoms with Crippen molar-refractivity contribution in [3.8, 4) is 11.8 Å². The Morgan fingerprint density at radius 2 is 1.35 bits per heavy atom. The van der Waals surface area contributed by atoms with Gasteiger partial charge in [0.05, 0.1) is 6.61 Å². The lowest BCUT2D eigenvalue weighted by Gasteiger charge is -2.05. The highest BCUT2D eigenvalue weighted by Crippen LogP contribution is 2.08. The standard InChI is InChI=1S/C15H24O2/c16-15-13-11-9-7-5-3-1-2-4-6-8-10-12-14-17-15/h2,4-14H2. The quantitative estimate of drug-likeness (QED) is 0.472. The second-order valence-electron chi connectivity index (χ2n) is 4.65. The molecule has 1 rings (SSSR count).